The van der Waals surface area contributed by atoms with Gasteiger partial charge in [0.2, 0.25) is 0 Å². The van der Waals surface area contributed by atoms with E-state index in [1.54, 1.807) is 0 Å². The molecule has 1 unspecified atom stereocenters. The topological polar surface area (TPSA) is 6.48 Å². The van der Waals surface area contributed by atoms with Crippen LogP contribution < -0.4 is 0 Å². The minimum absolute atomic E-state index is 0.516. The maximum Gasteiger partial charge on any atom is 0.0475 e. The van der Waals surface area contributed by atoms with Crippen LogP contribution in [0.2, 0.25) is 0 Å². The smallest absolute Gasteiger partial charge is 0.0475 e. The minimum atomic E-state index is 0.516. The maximum absolute atomic E-state index is 5.34. The molecule has 18 heavy (non-hydrogen) atoms. The molecule has 0 amide bonds. The lowest BCUT2D eigenvalue weighted by Gasteiger charge is -2.40. The molecule has 1 heterocycles. The molecular formula is C16H22N2. The summed E-state index contributed by atoms with van der Waals surface area (Å²) in [4.78, 5) is 4.99. The third-order valence-corrected chi connectivity index (χ3v) is 3.65. The summed E-state index contributed by atoms with van der Waals surface area (Å²) in [5.74, 6) is 2.73. The van der Waals surface area contributed by atoms with Crippen molar-refractivity contribution in [1.29, 1.82) is 0 Å². The molecule has 1 saturated heterocycles. The van der Waals surface area contributed by atoms with Gasteiger partial charge in [-0.15, -0.1) is 12.3 Å². The normalized spacial score (nSPS) is 21.7. The largest absolute Gasteiger partial charge is 0.303 e. The summed E-state index contributed by atoms with van der Waals surface area (Å²) in [6.45, 7) is 4.51. The van der Waals surface area contributed by atoms with Crippen molar-refractivity contribution in [3.05, 3.63) is 35.9 Å². The molecule has 2 nitrogen and oxygen atoms in total. The Kier molecular flexibility index (Phi) is 4.81. The highest BCUT2D eigenvalue weighted by Crippen LogP contribution is 2.24. The predicted octanol–water partition coefficient (Wildman–Crippen LogP) is 2.39. The van der Waals surface area contributed by atoms with E-state index in [1.807, 2.05) is 0 Å². The number of likely N-dealkylation sites (N-methyl/N-ethyl adjacent to an activating group) is 1. The van der Waals surface area contributed by atoms with E-state index in [-0.39, 0.29) is 0 Å². The van der Waals surface area contributed by atoms with Crippen LogP contribution in [-0.4, -0.2) is 43.0 Å². The third-order valence-electron chi connectivity index (χ3n) is 3.65. The van der Waals surface area contributed by atoms with Crippen molar-refractivity contribution in [2.75, 3.05) is 33.2 Å². The Morgan fingerprint density at radius 2 is 2.06 bits per heavy atom. The Morgan fingerprint density at radius 1 is 1.28 bits per heavy atom. The van der Waals surface area contributed by atoms with Crippen molar-refractivity contribution in [3.63, 3.8) is 0 Å². The van der Waals surface area contributed by atoms with Gasteiger partial charge in [-0.25, -0.2) is 0 Å². The summed E-state index contributed by atoms with van der Waals surface area (Å²) in [6.07, 6.45) is 7.32. The van der Waals surface area contributed by atoms with Crippen molar-refractivity contribution in [2.45, 2.75) is 18.9 Å². The highest BCUT2D eigenvalue weighted by Gasteiger charge is 2.25. The molecule has 1 aromatic carbocycles. The summed E-state index contributed by atoms with van der Waals surface area (Å²) >= 11 is 0. The fraction of sp³-hybridized carbons (Fsp3) is 0.500. The van der Waals surface area contributed by atoms with Crippen molar-refractivity contribution in [2.24, 2.45) is 0 Å². The van der Waals surface area contributed by atoms with Gasteiger partial charge in [0.25, 0.3) is 0 Å². The van der Waals surface area contributed by atoms with Crippen LogP contribution in [0.25, 0.3) is 0 Å². The average molecular weight is 242 g/mol. The molecule has 1 aliphatic rings. The van der Waals surface area contributed by atoms with Gasteiger partial charge in [-0.3, -0.25) is 4.90 Å². The fourth-order valence-corrected chi connectivity index (χ4v) is 2.60. The first kappa shape index (κ1) is 13.1. The molecule has 0 aromatic heterocycles. The molecule has 1 fully saturated rings. The molecular weight excluding hydrogens is 220 g/mol. The van der Waals surface area contributed by atoms with Gasteiger partial charge in [0.05, 0.1) is 0 Å². The van der Waals surface area contributed by atoms with Crippen molar-refractivity contribution in [3.8, 4) is 12.3 Å². The standard InChI is InChI=1S/C16H22N2/c1-3-4-8-11-18-13-12-17(2)14-16(18)15-9-6-5-7-10-15/h1,5-7,9-10,16H,4,8,11-14H2,2H3. The number of rotatable bonds is 4. The van der Waals surface area contributed by atoms with E-state index >= 15 is 0 Å². The Labute approximate surface area is 111 Å². The molecule has 1 atom stereocenters. The Balaban J connectivity index is 2.04. The van der Waals surface area contributed by atoms with Crippen LogP contribution in [-0.2, 0) is 0 Å². The molecule has 0 bridgehead atoms. The van der Waals surface area contributed by atoms with E-state index in [1.165, 1.54) is 5.56 Å². The number of piperazine rings is 1. The zero-order valence-corrected chi connectivity index (χ0v) is 11.2. The third kappa shape index (κ3) is 3.35. The molecule has 2 rings (SSSR count). The van der Waals surface area contributed by atoms with Gasteiger partial charge in [-0.2, -0.15) is 0 Å². The lowest BCUT2D eigenvalue weighted by Crippen LogP contribution is -2.47. The Morgan fingerprint density at radius 3 is 2.78 bits per heavy atom. The van der Waals surface area contributed by atoms with Gasteiger partial charge in [0, 0.05) is 32.1 Å². The van der Waals surface area contributed by atoms with Crippen LogP contribution >= 0.6 is 0 Å². The lowest BCUT2D eigenvalue weighted by molar-refractivity contribution is 0.0892. The molecule has 0 aliphatic carbocycles. The van der Waals surface area contributed by atoms with Gasteiger partial charge in [-0.05, 0) is 25.6 Å². The molecule has 2 heteroatoms. The number of nitrogens with zero attached hydrogens (tertiary/aromatic N) is 2. The van der Waals surface area contributed by atoms with Crippen LogP contribution in [0.3, 0.4) is 0 Å². The van der Waals surface area contributed by atoms with E-state index in [0.29, 0.717) is 6.04 Å². The first-order valence-corrected chi connectivity index (χ1v) is 6.72. The highest BCUT2D eigenvalue weighted by molar-refractivity contribution is 5.20. The second-order valence-corrected chi connectivity index (χ2v) is 5.03. The molecule has 1 aromatic rings. The van der Waals surface area contributed by atoms with Crippen LogP contribution in [0.4, 0.5) is 0 Å². The molecule has 0 spiro atoms. The first-order chi connectivity index (χ1) is 8.81. The quantitative estimate of drug-likeness (QED) is 0.591. The SMILES string of the molecule is C#CCCCN1CCN(C)CC1c1ccccc1. The summed E-state index contributed by atoms with van der Waals surface area (Å²) < 4.78 is 0. The summed E-state index contributed by atoms with van der Waals surface area (Å²) in [5, 5.41) is 0. The number of hydrogen-bond donors (Lipinski definition) is 0. The van der Waals surface area contributed by atoms with E-state index in [2.05, 4.69) is 53.1 Å². The number of hydrogen-bond acceptors (Lipinski definition) is 2. The van der Waals surface area contributed by atoms with Crippen molar-refractivity contribution < 1.29 is 0 Å². The Hall–Kier alpha value is -1.30. The van der Waals surface area contributed by atoms with E-state index in [9.17, 15) is 0 Å². The van der Waals surface area contributed by atoms with Crippen LogP contribution in [0.15, 0.2) is 30.3 Å². The maximum atomic E-state index is 5.34. The highest BCUT2D eigenvalue weighted by atomic mass is 15.3. The van der Waals surface area contributed by atoms with Gasteiger partial charge in [0.15, 0.2) is 0 Å². The zero-order chi connectivity index (χ0) is 12.8. The number of unbranched alkanes of at least 4 members (excludes halogenated alkanes) is 1. The van der Waals surface area contributed by atoms with E-state index in [4.69, 9.17) is 6.42 Å². The second kappa shape index (κ2) is 6.58. The van der Waals surface area contributed by atoms with Crippen LogP contribution in [0.1, 0.15) is 24.4 Å². The van der Waals surface area contributed by atoms with E-state index < -0.39 is 0 Å². The van der Waals surface area contributed by atoms with Gasteiger partial charge < -0.3 is 4.90 Å². The zero-order valence-electron chi connectivity index (χ0n) is 11.2. The van der Waals surface area contributed by atoms with Gasteiger partial charge in [-0.1, -0.05) is 30.3 Å². The monoisotopic (exact) mass is 242 g/mol. The number of benzene rings is 1. The first-order valence-electron chi connectivity index (χ1n) is 6.72. The predicted molar refractivity (Wildman–Crippen MR) is 76.3 cm³/mol. The number of terminal acetylenes is 1. The van der Waals surface area contributed by atoms with Gasteiger partial charge >= 0.3 is 0 Å². The Bertz CT molecular complexity index is 393. The second-order valence-electron chi connectivity index (χ2n) is 5.03. The summed E-state index contributed by atoms with van der Waals surface area (Å²) in [6, 6.07) is 11.3. The lowest BCUT2D eigenvalue weighted by atomic mass is 10.0. The van der Waals surface area contributed by atoms with Gasteiger partial charge in [0.1, 0.15) is 0 Å². The van der Waals surface area contributed by atoms with Crippen LogP contribution in [0, 0.1) is 12.3 Å². The fourth-order valence-electron chi connectivity index (χ4n) is 2.60. The van der Waals surface area contributed by atoms with Crippen LogP contribution in [0.5, 0.6) is 0 Å². The minimum Gasteiger partial charge on any atom is -0.303 e. The molecule has 96 valence electrons. The average Bonchev–Trinajstić information content (AvgIpc) is 2.41. The summed E-state index contributed by atoms with van der Waals surface area (Å²) in [5.41, 5.74) is 1.42. The van der Waals surface area contributed by atoms with Crippen molar-refractivity contribution in [1.82, 2.24) is 9.80 Å². The molecule has 0 saturated carbocycles. The van der Waals surface area contributed by atoms with E-state index in [0.717, 1.165) is 39.0 Å². The molecule has 1 aliphatic heterocycles. The molecule has 0 radical (unpaired) electrons. The summed E-state index contributed by atoms with van der Waals surface area (Å²) in [7, 11) is 2.20. The molecule has 0 N–H and O–H groups in total. The van der Waals surface area contributed by atoms with Crippen molar-refractivity contribution >= 4 is 0 Å².